The van der Waals surface area contributed by atoms with Crippen molar-refractivity contribution in [3.63, 3.8) is 0 Å². The number of aryl methyl sites for hydroxylation is 1. The smallest absolute Gasteiger partial charge is 0.254 e. The lowest BCUT2D eigenvalue weighted by molar-refractivity contribution is 0.0700. The second kappa shape index (κ2) is 8.95. The third-order valence-electron chi connectivity index (χ3n) is 9.66. The minimum Gasteiger partial charge on any atom is -0.505 e. The number of nitrogens with zero attached hydrogens (tertiary/aromatic N) is 2. The van der Waals surface area contributed by atoms with Crippen molar-refractivity contribution in [2.75, 3.05) is 6.54 Å². The average Bonchev–Trinajstić information content (AvgIpc) is 3.39. The standard InChI is InChI=1S/C34H32FN3O3/c1-18-25-9-6-23(34(40)38-17-24-7-10-27(38)32(24)36)15-31(25)41-33(18)29-14-22-5-4-21(20-8-11-30(39)26(35)12-20)13-28(22)37(29)16-19-2-3-19/h4-6,8-9,11-15,19,24,27,32,39H,2-3,7,10,16-17,36H2,1H3/t24?,27?,32-/m1/s1. The first-order valence-electron chi connectivity index (χ1n) is 14.6. The van der Waals surface area contributed by atoms with E-state index in [9.17, 15) is 14.3 Å². The first-order chi connectivity index (χ1) is 19.9. The Balaban J connectivity index is 1.20. The van der Waals surface area contributed by atoms with Gasteiger partial charge in [0.1, 0.15) is 5.58 Å². The molecule has 3 atom stereocenters. The SMILES string of the molecule is Cc1c(-c2cc3ccc(-c4ccc(O)c(F)c4)cc3n2CC2CC2)oc2cc(C(=O)N3CC4CCC3[C@@H]4N)ccc12. The zero-order chi connectivity index (χ0) is 28.0. The quantitative estimate of drug-likeness (QED) is 0.251. The van der Waals surface area contributed by atoms with Gasteiger partial charge in [0.2, 0.25) is 0 Å². The molecule has 3 fully saturated rings. The second-order valence-corrected chi connectivity index (χ2v) is 12.2. The highest BCUT2D eigenvalue weighted by molar-refractivity contribution is 6.00. The van der Waals surface area contributed by atoms with Crippen LogP contribution in [0.3, 0.4) is 0 Å². The maximum Gasteiger partial charge on any atom is 0.254 e. The number of halogens is 1. The van der Waals surface area contributed by atoms with Crippen LogP contribution in [0.15, 0.2) is 65.1 Å². The van der Waals surface area contributed by atoms with Crippen LogP contribution >= 0.6 is 0 Å². The van der Waals surface area contributed by atoms with Gasteiger partial charge in [-0.3, -0.25) is 4.79 Å². The van der Waals surface area contributed by atoms with Crippen LogP contribution in [0, 0.1) is 24.6 Å². The number of phenolic OH excluding ortho intramolecular Hbond substituents is 1. The largest absolute Gasteiger partial charge is 0.505 e. The number of aromatic hydroxyl groups is 1. The monoisotopic (exact) mass is 549 g/mol. The van der Waals surface area contributed by atoms with Crippen molar-refractivity contribution in [2.45, 2.75) is 51.2 Å². The highest BCUT2D eigenvalue weighted by Crippen LogP contribution is 2.42. The minimum absolute atomic E-state index is 0.0335. The van der Waals surface area contributed by atoms with Crippen LogP contribution in [-0.4, -0.2) is 39.1 Å². The van der Waals surface area contributed by atoms with E-state index in [1.54, 1.807) is 6.07 Å². The number of hydrogen-bond donors (Lipinski definition) is 2. The number of furan rings is 1. The van der Waals surface area contributed by atoms with Gasteiger partial charge < -0.3 is 24.7 Å². The molecule has 0 radical (unpaired) electrons. The predicted octanol–water partition coefficient (Wildman–Crippen LogP) is 6.85. The van der Waals surface area contributed by atoms with Crippen LogP contribution in [-0.2, 0) is 6.54 Å². The molecule has 2 aliphatic carbocycles. The summed E-state index contributed by atoms with van der Waals surface area (Å²) >= 11 is 0. The van der Waals surface area contributed by atoms with Gasteiger partial charge in [-0.05, 0) is 92.0 Å². The fraction of sp³-hybridized carbons (Fsp3) is 0.324. The Labute approximate surface area is 237 Å². The van der Waals surface area contributed by atoms with Crippen LogP contribution in [0.4, 0.5) is 4.39 Å². The number of benzene rings is 3. The number of piperidine rings is 1. The molecular weight excluding hydrogens is 517 g/mol. The summed E-state index contributed by atoms with van der Waals surface area (Å²) in [4.78, 5) is 15.4. The fourth-order valence-electron chi connectivity index (χ4n) is 7.11. The van der Waals surface area contributed by atoms with E-state index in [1.165, 1.54) is 25.0 Å². The van der Waals surface area contributed by atoms with Crippen LogP contribution in [0.25, 0.3) is 44.5 Å². The Morgan fingerprint density at radius 2 is 1.83 bits per heavy atom. The summed E-state index contributed by atoms with van der Waals surface area (Å²) in [5.74, 6) is 0.887. The number of hydrogen-bond acceptors (Lipinski definition) is 4. The van der Waals surface area contributed by atoms with E-state index < -0.39 is 5.82 Å². The van der Waals surface area contributed by atoms with E-state index in [1.807, 2.05) is 29.2 Å². The van der Waals surface area contributed by atoms with Gasteiger partial charge in [-0.25, -0.2) is 4.39 Å². The summed E-state index contributed by atoms with van der Waals surface area (Å²) in [6, 6.07) is 18.8. The molecule has 6 nitrogen and oxygen atoms in total. The third kappa shape index (κ3) is 3.90. The molecule has 2 bridgehead atoms. The Morgan fingerprint density at radius 1 is 1.02 bits per heavy atom. The van der Waals surface area contributed by atoms with Crippen LogP contribution < -0.4 is 5.73 Å². The van der Waals surface area contributed by atoms with Crippen molar-refractivity contribution in [1.29, 1.82) is 0 Å². The minimum atomic E-state index is -0.632. The van der Waals surface area contributed by atoms with E-state index in [4.69, 9.17) is 10.2 Å². The van der Waals surface area contributed by atoms with E-state index in [-0.39, 0.29) is 23.7 Å². The maximum atomic E-state index is 14.1. The molecule has 1 saturated heterocycles. The maximum absolute atomic E-state index is 14.1. The summed E-state index contributed by atoms with van der Waals surface area (Å²) in [7, 11) is 0. The Morgan fingerprint density at radius 3 is 2.56 bits per heavy atom. The van der Waals surface area contributed by atoms with Crippen molar-refractivity contribution in [3.8, 4) is 28.3 Å². The lowest BCUT2D eigenvalue weighted by Gasteiger charge is -2.27. The molecule has 2 saturated carbocycles. The van der Waals surface area contributed by atoms with Gasteiger partial charge in [0.05, 0.1) is 5.69 Å². The zero-order valence-corrected chi connectivity index (χ0v) is 22.9. The molecule has 2 aromatic heterocycles. The Bertz CT molecular complexity index is 1870. The second-order valence-electron chi connectivity index (χ2n) is 12.2. The van der Waals surface area contributed by atoms with Crippen LogP contribution in [0.1, 0.15) is 41.6 Å². The number of nitrogens with two attached hydrogens (primary N) is 1. The van der Waals surface area contributed by atoms with Gasteiger partial charge in [-0.2, -0.15) is 0 Å². The molecule has 0 spiro atoms. The normalized spacial score (nSPS) is 21.9. The molecule has 5 aromatic rings. The molecule has 3 N–H and O–H groups in total. The van der Waals surface area contributed by atoms with Gasteiger partial charge in [-0.15, -0.1) is 0 Å². The average molecular weight is 550 g/mol. The molecule has 3 heterocycles. The van der Waals surface area contributed by atoms with E-state index in [2.05, 4.69) is 29.7 Å². The number of carbonyl (C=O) groups excluding carboxylic acids is 1. The Hall–Kier alpha value is -4.10. The number of aromatic nitrogens is 1. The van der Waals surface area contributed by atoms with Gasteiger partial charge >= 0.3 is 0 Å². The summed E-state index contributed by atoms with van der Waals surface area (Å²) < 4.78 is 23.0. The lowest BCUT2D eigenvalue weighted by atomic mass is 10.0. The van der Waals surface area contributed by atoms with E-state index in [0.717, 1.165) is 64.8 Å². The number of likely N-dealkylation sites (tertiary alicyclic amines) is 1. The van der Waals surface area contributed by atoms with Crippen molar-refractivity contribution >= 4 is 27.8 Å². The predicted molar refractivity (Wildman–Crippen MR) is 157 cm³/mol. The highest BCUT2D eigenvalue weighted by Gasteiger charge is 2.46. The van der Waals surface area contributed by atoms with Gasteiger partial charge in [0.15, 0.2) is 17.3 Å². The molecule has 8 rings (SSSR count). The molecule has 208 valence electrons. The van der Waals surface area contributed by atoms with Crippen molar-refractivity contribution in [1.82, 2.24) is 9.47 Å². The molecule has 3 aromatic carbocycles. The van der Waals surface area contributed by atoms with E-state index >= 15 is 0 Å². The molecule has 7 heteroatoms. The first-order valence-corrected chi connectivity index (χ1v) is 14.6. The number of amides is 1. The molecule has 3 aliphatic rings. The van der Waals surface area contributed by atoms with Gasteiger partial charge in [0, 0.05) is 52.6 Å². The number of phenols is 1. The fourth-order valence-corrected chi connectivity index (χ4v) is 7.11. The van der Waals surface area contributed by atoms with Crippen LogP contribution in [0.2, 0.25) is 0 Å². The summed E-state index contributed by atoms with van der Waals surface area (Å²) in [6.07, 6.45) is 4.50. The van der Waals surface area contributed by atoms with Crippen LogP contribution in [0.5, 0.6) is 5.75 Å². The number of carbonyl (C=O) groups is 1. The third-order valence-corrected chi connectivity index (χ3v) is 9.66. The highest BCUT2D eigenvalue weighted by atomic mass is 19.1. The lowest BCUT2D eigenvalue weighted by Crippen LogP contribution is -2.41. The molecule has 41 heavy (non-hydrogen) atoms. The van der Waals surface area contributed by atoms with E-state index in [0.29, 0.717) is 28.5 Å². The molecule has 2 unspecified atom stereocenters. The van der Waals surface area contributed by atoms with Gasteiger partial charge in [0.25, 0.3) is 5.91 Å². The van der Waals surface area contributed by atoms with Crippen molar-refractivity contribution in [3.05, 3.63) is 77.6 Å². The summed E-state index contributed by atoms with van der Waals surface area (Å²) in [5, 5.41) is 11.7. The zero-order valence-electron chi connectivity index (χ0n) is 22.9. The molecule has 1 aliphatic heterocycles. The number of rotatable bonds is 5. The Kier molecular flexibility index (Phi) is 5.39. The molecule has 1 amide bonds. The van der Waals surface area contributed by atoms with Crippen molar-refractivity contribution in [2.24, 2.45) is 17.6 Å². The first kappa shape index (κ1) is 24.7. The topological polar surface area (TPSA) is 84.6 Å². The molecular formula is C34H32FN3O3. The van der Waals surface area contributed by atoms with Crippen molar-refractivity contribution < 1.29 is 18.7 Å². The summed E-state index contributed by atoms with van der Waals surface area (Å²) in [5.41, 5.74) is 12.4. The van der Waals surface area contributed by atoms with Gasteiger partial charge in [-0.1, -0.05) is 24.3 Å². The summed E-state index contributed by atoms with van der Waals surface area (Å²) in [6.45, 7) is 3.69. The number of fused-ring (bicyclic) bond motifs is 4.